The normalized spacial score (nSPS) is 19.3. The van der Waals surface area contributed by atoms with Gasteiger partial charge >= 0.3 is 5.69 Å². The number of hydrazine groups is 1. The third kappa shape index (κ3) is 2.74. The zero-order valence-electron chi connectivity index (χ0n) is 10.7. The number of hydrogen-bond acceptors (Lipinski definition) is 7. The molecule has 1 atom stereocenters. The fourth-order valence-corrected chi connectivity index (χ4v) is 2.15. The van der Waals surface area contributed by atoms with Crippen LogP contribution in [0.4, 0.5) is 17.3 Å². The van der Waals surface area contributed by atoms with E-state index in [4.69, 9.17) is 10.6 Å². The number of morpholine rings is 1. The van der Waals surface area contributed by atoms with E-state index in [1.165, 1.54) is 12.1 Å². The number of nitro groups is 1. The van der Waals surface area contributed by atoms with Gasteiger partial charge in [0.15, 0.2) is 0 Å². The molecule has 19 heavy (non-hydrogen) atoms. The number of nitrogens with zero attached hydrogens (tertiary/aromatic N) is 3. The molecule has 8 nitrogen and oxygen atoms in total. The summed E-state index contributed by atoms with van der Waals surface area (Å²) in [5.74, 6) is 6.06. The van der Waals surface area contributed by atoms with Gasteiger partial charge in [-0.25, -0.2) is 10.8 Å². The van der Waals surface area contributed by atoms with Crippen molar-refractivity contribution in [3.8, 4) is 0 Å². The fraction of sp³-hybridized carbons (Fsp3) is 0.545. The second kappa shape index (κ2) is 5.81. The largest absolute Gasteiger partial charge is 0.377 e. The van der Waals surface area contributed by atoms with Crippen LogP contribution >= 0.6 is 0 Å². The minimum absolute atomic E-state index is 0.0145. The van der Waals surface area contributed by atoms with Crippen molar-refractivity contribution in [1.29, 1.82) is 0 Å². The Morgan fingerprint density at radius 2 is 2.47 bits per heavy atom. The molecule has 0 saturated carbocycles. The quantitative estimate of drug-likeness (QED) is 0.474. The summed E-state index contributed by atoms with van der Waals surface area (Å²) >= 11 is 0. The average Bonchev–Trinajstić information content (AvgIpc) is 2.46. The maximum absolute atomic E-state index is 11.1. The predicted octanol–water partition coefficient (Wildman–Crippen LogP) is 0.891. The Kier molecular flexibility index (Phi) is 4.13. The van der Waals surface area contributed by atoms with Crippen LogP contribution in [-0.4, -0.2) is 35.7 Å². The predicted molar refractivity (Wildman–Crippen MR) is 70.9 cm³/mol. The first kappa shape index (κ1) is 13.5. The van der Waals surface area contributed by atoms with E-state index in [0.29, 0.717) is 31.4 Å². The van der Waals surface area contributed by atoms with Gasteiger partial charge in [-0.3, -0.25) is 10.1 Å². The molecular formula is C11H17N5O3. The van der Waals surface area contributed by atoms with E-state index in [-0.39, 0.29) is 11.7 Å². The van der Waals surface area contributed by atoms with Gasteiger partial charge in [-0.15, -0.1) is 0 Å². The van der Waals surface area contributed by atoms with E-state index in [9.17, 15) is 10.1 Å². The van der Waals surface area contributed by atoms with Crippen molar-refractivity contribution in [2.75, 3.05) is 30.1 Å². The molecule has 0 bridgehead atoms. The average molecular weight is 267 g/mol. The van der Waals surface area contributed by atoms with Crippen molar-refractivity contribution in [2.24, 2.45) is 5.84 Å². The summed E-state index contributed by atoms with van der Waals surface area (Å²) in [6.07, 6.45) is 0.832. The Labute approximate surface area is 110 Å². The number of aromatic nitrogens is 1. The van der Waals surface area contributed by atoms with Gasteiger partial charge in [0.25, 0.3) is 0 Å². The third-order valence-electron chi connectivity index (χ3n) is 3.17. The van der Waals surface area contributed by atoms with E-state index in [1.54, 1.807) is 0 Å². The monoisotopic (exact) mass is 267 g/mol. The van der Waals surface area contributed by atoms with Gasteiger partial charge < -0.3 is 15.1 Å². The van der Waals surface area contributed by atoms with Crippen LogP contribution in [0.25, 0.3) is 0 Å². The Hall–Kier alpha value is -1.93. The van der Waals surface area contributed by atoms with Gasteiger partial charge in [0.05, 0.1) is 24.2 Å². The molecule has 1 aliphatic rings. The molecule has 0 radical (unpaired) electrons. The van der Waals surface area contributed by atoms with E-state index >= 15 is 0 Å². The maximum Gasteiger partial charge on any atom is 0.311 e. The minimum Gasteiger partial charge on any atom is -0.377 e. The molecule has 2 rings (SSSR count). The lowest BCUT2D eigenvalue weighted by atomic mass is 10.1. The molecule has 1 aromatic heterocycles. The van der Waals surface area contributed by atoms with Crippen LogP contribution in [0.15, 0.2) is 12.1 Å². The van der Waals surface area contributed by atoms with Gasteiger partial charge in [-0.2, -0.15) is 0 Å². The highest BCUT2D eigenvalue weighted by Gasteiger charge is 2.29. The summed E-state index contributed by atoms with van der Waals surface area (Å²) in [7, 11) is 0. The number of pyridine rings is 1. The van der Waals surface area contributed by atoms with Crippen LogP contribution < -0.4 is 16.2 Å². The first-order valence-corrected chi connectivity index (χ1v) is 6.13. The zero-order chi connectivity index (χ0) is 13.8. The Morgan fingerprint density at radius 3 is 3.11 bits per heavy atom. The molecule has 0 aromatic carbocycles. The van der Waals surface area contributed by atoms with Crippen LogP contribution in [0.1, 0.15) is 13.3 Å². The van der Waals surface area contributed by atoms with Crippen molar-refractivity contribution in [3.05, 3.63) is 22.2 Å². The number of nitrogens with two attached hydrogens (primary N) is 1. The molecule has 3 N–H and O–H groups in total. The number of nitrogens with one attached hydrogen (secondary N) is 1. The number of anilines is 2. The van der Waals surface area contributed by atoms with E-state index in [0.717, 1.165) is 6.42 Å². The van der Waals surface area contributed by atoms with Crippen LogP contribution in [-0.2, 0) is 4.74 Å². The van der Waals surface area contributed by atoms with Gasteiger partial charge in [0.1, 0.15) is 5.82 Å². The fourth-order valence-electron chi connectivity index (χ4n) is 2.15. The van der Waals surface area contributed by atoms with Crippen molar-refractivity contribution in [1.82, 2.24) is 4.98 Å². The molecule has 1 fully saturated rings. The van der Waals surface area contributed by atoms with E-state index < -0.39 is 4.92 Å². The SMILES string of the molecule is CCC1COCCN1c1nc(NN)ccc1[N+](=O)[O-]. The first-order valence-electron chi connectivity index (χ1n) is 6.13. The van der Waals surface area contributed by atoms with Crippen LogP contribution in [0, 0.1) is 10.1 Å². The molecule has 1 saturated heterocycles. The highest BCUT2D eigenvalue weighted by Crippen LogP contribution is 2.30. The smallest absolute Gasteiger partial charge is 0.311 e. The molecule has 0 spiro atoms. The summed E-state index contributed by atoms with van der Waals surface area (Å²) in [6, 6.07) is 3.00. The number of nitrogen functional groups attached to an aromatic ring is 1. The molecule has 0 amide bonds. The molecule has 1 unspecified atom stereocenters. The van der Waals surface area contributed by atoms with Crippen molar-refractivity contribution >= 4 is 17.3 Å². The van der Waals surface area contributed by atoms with Crippen LogP contribution in [0.3, 0.4) is 0 Å². The van der Waals surface area contributed by atoms with Gasteiger partial charge in [0, 0.05) is 12.6 Å². The topological polar surface area (TPSA) is 107 Å². The van der Waals surface area contributed by atoms with Crippen molar-refractivity contribution < 1.29 is 9.66 Å². The van der Waals surface area contributed by atoms with E-state index in [2.05, 4.69) is 10.4 Å². The number of rotatable bonds is 4. The van der Waals surface area contributed by atoms with Gasteiger partial charge in [-0.1, -0.05) is 6.92 Å². The molecule has 0 aliphatic carbocycles. The summed E-state index contributed by atoms with van der Waals surface area (Å²) in [5.41, 5.74) is 2.40. The van der Waals surface area contributed by atoms with E-state index in [1.807, 2.05) is 11.8 Å². The highest BCUT2D eigenvalue weighted by molar-refractivity contribution is 5.62. The zero-order valence-corrected chi connectivity index (χ0v) is 10.7. The summed E-state index contributed by atoms with van der Waals surface area (Å²) < 4.78 is 5.40. The lowest BCUT2D eigenvalue weighted by Gasteiger charge is -2.35. The second-order valence-corrected chi connectivity index (χ2v) is 4.27. The third-order valence-corrected chi connectivity index (χ3v) is 3.17. The minimum atomic E-state index is -0.426. The molecule has 104 valence electrons. The van der Waals surface area contributed by atoms with Crippen LogP contribution in [0.2, 0.25) is 0 Å². The lowest BCUT2D eigenvalue weighted by molar-refractivity contribution is -0.384. The summed E-state index contributed by atoms with van der Waals surface area (Å²) in [4.78, 5) is 16.8. The lowest BCUT2D eigenvalue weighted by Crippen LogP contribution is -2.46. The van der Waals surface area contributed by atoms with Crippen molar-refractivity contribution in [2.45, 2.75) is 19.4 Å². The van der Waals surface area contributed by atoms with Gasteiger partial charge in [-0.05, 0) is 12.5 Å². The Bertz CT molecular complexity index is 468. The molecular weight excluding hydrogens is 250 g/mol. The first-order chi connectivity index (χ1) is 9.17. The van der Waals surface area contributed by atoms with Gasteiger partial charge in [0.2, 0.25) is 5.82 Å². The summed E-state index contributed by atoms with van der Waals surface area (Å²) in [6.45, 7) is 3.69. The Morgan fingerprint density at radius 1 is 1.68 bits per heavy atom. The molecule has 8 heteroatoms. The standard InChI is InChI=1S/C11H17N5O3/c1-2-8-7-19-6-5-15(8)11-9(16(17)18)3-4-10(13-11)14-12/h3-4,8H,2,5-7,12H2,1H3,(H,13,14). The van der Waals surface area contributed by atoms with Crippen molar-refractivity contribution in [3.63, 3.8) is 0 Å². The maximum atomic E-state index is 11.1. The second-order valence-electron chi connectivity index (χ2n) is 4.27. The molecule has 2 heterocycles. The summed E-state index contributed by atoms with van der Waals surface area (Å²) in [5, 5.41) is 11.1. The molecule has 1 aromatic rings. The highest BCUT2D eigenvalue weighted by atomic mass is 16.6. The Balaban J connectivity index is 2.42. The number of ether oxygens (including phenoxy) is 1. The number of hydrogen-bond donors (Lipinski definition) is 2. The van der Waals surface area contributed by atoms with Crippen LogP contribution in [0.5, 0.6) is 0 Å². The molecule has 1 aliphatic heterocycles.